The predicted octanol–water partition coefficient (Wildman–Crippen LogP) is 15.2. The Balaban J connectivity index is 0.000000189. The maximum absolute atomic E-state index is 8.89. The number of pyridine rings is 1. The number of furan rings is 1. The first-order chi connectivity index (χ1) is 30.9. The van der Waals surface area contributed by atoms with Crippen LogP contribution in [-0.4, -0.2) is 22.6 Å². The van der Waals surface area contributed by atoms with Gasteiger partial charge in [0.1, 0.15) is 5.58 Å². The van der Waals surface area contributed by atoms with E-state index in [1.54, 1.807) is 0 Å². The number of imidazole rings is 1. The summed E-state index contributed by atoms with van der Waals surface area (Å²) in [6.07, 6.45) is 0.472. The Morgan fingerprint density at radius 3 is 2.14 bits per heavy atom. The summed E-state index contributed by atoms with van der Waals surface area (Å²) < 4.78 is 26.5. The number of rotatable bonds is 6. The maximum atomic E-state index is 8.89. The molecule has 10 aromatic rings. The van der Waals surface area contributed by atoms with Crippen LogP contribution in [0.3, 0.4) is 0 Å². The zero-order valence-corrected chi connectivity index (χ0v) is 41.5. The van der Waals surface area contributed by atoms with Crippen LogP contribution in [0.5, 0.6) is 0 Å². The van der Waals surface area contributed by atoms with E-state index in [0.29, 0.717) is 0 Å². The van der Waals surface area contributed by atoms with Crippen molar-refractivity contribution in [3.05, 3.63) is 181 Å². The van der Waals surface area contributed by atoms with Crippen molar-refractivity contribution in [2.24, 2.45) is 5.41 Å². The van der Waals surface area contributed by atoms with E-state index < -0.39 is 19.9 Å². The van der Waals surface area contributed by atoms with Crippen molar-refractivity contribution in [2.75, 3.05) is 0 Å². The minimum absolute atomic E-state index is 0. The molecule has 3 aromatic heterocycles. The first-order valence-electron chi connectivity index (χ1n) is 22.8. The molecule has 0 bridgehead atoms. The maximum Gasteiger partial charge on any atom is 0.120 e. The van der Waals surface area contributed by atoms with Crippen molar-refractivity contribution < 1.29 is 27.3 Å². The Bertz CT molecular complexity index is 3370. The molecule has 0 N–H and O–H groups in total. The molecule has 7 aromatic carbocycles. The average Bonchev–Trinajstić information content (AvgIpc) is 3.87. The van der Waals surface area contributed by atoms with E-state index in [-0.39, 0.29) is 25.5 Å². The molecule has 10 rings (SSSR count). The normalized spacial score (nSPS) is 12.8. The van der Waals surface area contributed by atoms with Gasteiger partial charge < -0.3 is 14.0 Å². The predicted molar refractivity (Wildman–Crippen MR) is 269 cm³/mol. The van der Waals surface area contributed by atoms with Crippen molar-refractivity contribution in [1.82, 2.24) is 14.5 Å². The molecule has 323 valence electrons. The number of hydrogen-bond acceptors (Lipinski definition) is 3. The Kier molecular flexibility index (Phi) is 11.5. The fourth-order valence-electron chi connectivity index (χ4n) is 8.41. The summed E-state index contributed by atoms with van der Waals surface area (Å²) in [6, 6.07) is 59.0. The minimum atomic E-state index is -1.74. The van der Waals surface area contributed by atoms with Crippen molar-refractivity contribution in [3.8, 4) is 39.5 Å². The number of hydrogen-bond donors (Lipinski definition) is 0. The van der Waals surface area contributed by atoms with Gasteiger partial charge in [-0.3, -0.25) is 4.98 Å². The SMILES string of the molecule is [2H]C([2H])(c1cc(-c2[c-]ccc(C(C)(C)C)c2)ncc1[Si](C)(C)C)C(C)(C)C.[Ir].[c-]1ccc2c(oc3ccccc32)c1-c1nc2ccccc2n1-c1c(-c2ccccc2)ccc2ccccc12. The van der Waals surface area contributed by atoms with E-state index in [1.165, 1.54) is 10.9 Å². The quantitative estimate of drug-likeness (QED) is 0.123. The topological polar surface area (TPSA) is 43.9 Å². The summed E-state index contributed by atoms with van der Waals surface area (Å²) >= 11 is 0. The molecule has 3 heterocycles. The molecule has 0 saturated carbocycles. The molecule has 64 heavy (non-hydrogen) atoms. The van der Waals surface area contributed by atoms with Gasteiger partial charge in [-0.05, 0) is 57.2 Å². The van der Waals surface area contributed by atoms with E-state index in [4.69, 9.17) is 17.1 Å². The van der Waals surface area contributed by atoms with Crippen molar-refractivity contribution in [3.63, 3.8) is 0 Å². The van der Waals surface area contributed by atoms with Gasteiger partial charge in [0, 0.05) is 45.4 Å². The van der Waals surface area contributed by atoms with Gasteiger partial charge in [0.15, 0.2) is 0 Å². The minimum Gasteiger partial charge on any atom is -0.501 e. The zero-order valence-electron chi connectivity index (χ0n) is 40.1. The van der Waals surface area contributed by atoms with Crippen LogP contribution in [-0.2, 0) is 31.9 Å². The molecule has 4 nitrogen and oxygen atoms in total. The molecule has 0 aliphatic rings. The van der Waals surface area contributed by atoms with E-state index in [9.17, 15) is 0 Å². The molecule has 0 spiro atoms. The fourth-order valence-corrected chi connectivity index (χ4v) is 9.81. The molecule has 0 unspecified atom stereocenters. The number of nitrogens with zero attached hydrogens (tertiary/aromatic N) is 3. The molecule has 6 heteroatoms. The number of para-hydroxylation sites is 3. The second-order valence-corrected chi connectivity index (χ2v) is 24.5. The third-order valence-electron chi connectivity index (χ3n) is 11.5. The van der Waals surface area contributed by atoms with E-state index in [2.05, 4.69) is 166 Å². The molecule has 0 atom stereocenters. The summed E-state index contributed by atoms with van der Waals surface area (Å²) in [5.41, 5.74) is 11.2. The van der Waals surface area contributed by atoms with Gasteiger partial charge in [0.2, 0.25) is 0 Å². The summed E-state index contributed by atoms with van der Waals surface area (Å²) in [5.74, 6) is 0.810. The van der Waals surface area contributed by atoms with Crippen LogP contribution in [0, 0.1) is 17.5 Å². The first kappa shape index (κ1) is 42.1. The molecular weight excluding hydrogens is 975 g/mol. The smallest absolute Gasteiger partial charge is 0.120 e. The largest absolute Gasteiger partial charge is 0.501 e. The summed E-state index contributed by atoms with van der Waals surface area (Å²) in [7, 11) is -1.74. The number of benzene rings is 7. The van der Waals surface area contributed by atoms with Crippen LogP contribution < -0.4 is 5.19 Å². The van der Waals surface area contributed by atoms with Gasteiger partial charge in [-0.25, -0.2) is 0 Å². The van der Waals surface area contributed by atoms with Gasteiger partial charge in [-0.2, -0.15) is 0 Å². The van der Waals surface area contributed by atoms with E-state index in [1.807, 2.05) is 69.4 Å². The van der Waals surface area contributed by atoms with Crippen LogP contribution in [0.25, 0.3) is 83.2 Å². The van der Waals surface area contributed by atoms with Crippen LogP contribution >= 0.6 is 0 Å². The second kappa shape index (κ2) is 17.6. The fraction of sp³-hybridized carbons (Fsp3) is 0.207. The van der Waals surface area contributed by atoms with Crippen LogP contribution in [0.2, 0.25) is 19.6 Å². The Labute approximate surface area is 395 Å². The van der Waals surface area contributed by atoms with Gasteiger partial charge in [0.25, 0.3) is 0 Å². The molecule has 0 amide bonds. The monoisotopic (exact) mass is 1030 g/mol. The zero-order chi connectivity index (χ0) is 45.9. The third kappa shape index (κ3) is 8.93. The van der Waals surface area contributed by atoms with Gasteiger partial charge in [-0.15, -0.1) is 53.6 Å². The molecule has 0 saturated heterocycles. The molecule has 0 aliphatic heterocycles. The Hall–Kier alpha value is -5.91. The van der Waals surface area contributed by atoms with Gasteiger partial charge >= 0.3 is 0 Å². The summed E-state index contributed by atoms with van der Waals surface area (Å²) in [5, 5.41) is 5.59. The second-order valence-electron chi connectivity index (χ2n) is 19.5. The van der Waals surface area contributed by atoms with Crippen molar-refractivity contribution in [2.45, 2.75) is 73.0 Å². The van der Waals surface area contributed by atoms with Gasteiger partial charge in [-0.1, -0.05) is 181 Å². The molecule has 0 aliphatic carbocycles. The summed E-state index contributed by atoms with van der Waals surface area (Å²) in [4.78, 5) is 9.92. The van der Waals surface area contributed by atoms with Crippen LogP contribution in [0.15, 0.2) is 162 Å². The summed E-state index contributed by atoms with van der Waals surface area (Å²) in [6.45, 7) is 19.2. The number of fused-ring (bicyclic) bond motifs is 5. The molecular formula is C58H55IrN3OSi-2. The van der Waals surface area contributed by atoms with Crippen molar-refractivity contribution >= 4 is 57.0 Å². The molecule has 1 radical (unpaired) electrons. The van der Waals surface area contributed by atoms with Crippen molar-refractivity contribution in [1.29, 1.82) is 0 Å². The van der Waals surface area contributed by atoms with E-state index in [0.717, 1.165) is 88.6 Å². The number of aromatic nitrogens is 3. The standard InChI is InChI=1S/C35H21N2O.C23H34NSi.Ir/c1-2-11-23(12-3-1)26-22-21-24-13-4-5-14-25(24)33(26)37-31-19-8-7-18-30(31)36-35(37)29-17-10-16-28-27-15-6-9-20-32(27)38-34(28)29;1-22(2,3)15-18-14-20(24-16-21(18)25(7,8)9)17-11-10-12-19(13-17)23(4,5)6;/h1-16,18-22H;10,12-14,16H,15H2,1-9H3;/q2*-1;/i;15D2;. The Morgan fingerprint density at radius 2 is 1.39 bits per heavy atom. The third-order valence-corrected chi connectivity index (χ3v) is 13.5. The Morgan fingerprint density at radius 1 is 0.703 bits per heavy atom. The average molecular weight is 1030 g/mol. The van der Waals surface area contributed by atoms with Crippen LogP contribution in [0.4, 0.5) is 0 Å². The van der Waals surface area contributed by atoms with E-state index >= 15 is 0 Å². The van der Waals surface area contributed by atoms with Crippen LogP contribution in [0.1, 0.15) is 55.4 Å². The molecule has 0 fully saturated rings. The van der Waals surface area contributed by atoms with Gasteiger partial charge in [0.05, 0.1) is 36.2 Å². The first-order valence-corrected chi connectivity index (χ1v) is 25.3.